The molecule has 1 fully saturated rings. The van der Waals surface area contributed by atoms with Crippen molar-refractivity contribution < 1.29 is 4.74 Å². The topological polar surface area (TPSA) is 24.5 Å². The highest BCUT2D eigenvalue weighted by Gasteiger charge is 2.27. The molecule has 1 N–H and O–H groups in total. The highest BCUT2D eigenvalue weighted by molar-refractivity contribution is 5.39. The number of hydrogen-bond acceptors (Lipinski definition) is 3. The molecule has 0 radical (unpaired) electrons. The zero-order valence-electron chi connectivity index (χ0n) is 12.6. The minimum atomic E-state index is 0.428. The van der Waals surface area contributed by atoms with E-state index in [0.717, 1.165) is 18.2 Å². The minimum absolute atomic E-state index is 0.428. The van der Waals surface area contributed by atoms with Crippen molar-refractivity contribution in [2.75, 3.05) is 33.8 Å². The molecule has 2 atom stereocenters. The van der Waals surface area contributed by atoms with Gasteiger partial charge in [0.25, 0.3) is 0 Å². The predicted molar refractivity (Wildman–Crippen MR) is 79.8 cm³/mol. The quantitative estimate of drug-likeness (QED) is 0.883. The van der Waals surface area contributed by atoms with Crippen LogP contribution in [0.1, 0.15) is 30.5 Å². The van der Waals surface area contributed by atoms with E-state index in [1.807, 2.05) is 7.05 Å². The van der Waals surface area contributed by atoms with Crippen molar-refractivity contribution in [3.05, 3.63) is 29.3 Å². The van der Waals surface area contributed by atoms with Crippen LogP contribution in [-0.4, -0.2) is 38.7 Å². The third-order valence-electron chi connectivity index (χ3n) is 4.19. The summed E-state index contributed by atoms with van der Waals surface area (Å²) in [4.78, 5) is 2.57. The van der Waals surface area contributed by atoms with E-state index in [4.69, 9.17) is 4.74 Å². The number of rotatable bonds is 5. The molecule has 0 aliphatic carbocycles. The molecule has 1 aliphatic rings. The van der Waals surface area contributed by atoms with Crippen LogP contribution in [0, 0.1) is 12.8 Å². The summed E-state index contributed by atoms with van der Waals surface area (Å²) in [7, 11) is 3.80. The molecule has 0 spiro atoms. The molecule has 106 valence electrons. The Kier molecular flexibility index (Phi) is 4.83. The SMILES string of the molecule is CNCC1CCN(C(C)c2cc(C)ccc2OC)C1. The number of hydrogen-bond donors (Lipinski definition) is 1. The van der Waals surface area contributed by atoms with Crippen LogP contribution in [0.5, 0.6) is 5.75 Å². The van der Waals surface area contributed by atoms with Gasteiger partial charge in [-0.15, -0.1) is 0 Å². The second-order valence-electron chi connectivity index (χ2n) is 5.63. The second-order valence-corrected chi connectivity index (χ2v) is 5.63. The first-order valence-corrected chi connectivity index (χ1v) is 7.19. The fourth-order valence-corrected chi connectivity index (χ4v) is 3.05. The lowest BCUT2D eigenvalue weighted by atomic mass is 10.0. The third kappa shape index (κ3) is 3.28. The van der Waals surface area contributed by atoms with Gasteiger partial charge in [0, 0.05) is 18.2 Å². The Morgan fingerprint density at radius 3 is 2.95 bits per heavy atom. The zero-order valence-corrected chi connectivity index (χ0v) is 12.6. The zero-order chi connectivity index (χ0) is 13.8. The monoisotopic (exact) mass is 262 g/mol. The average Bonchev–Trinajstić information content (AvgIpc) is 2.87. The first kappa shape index (κ1) is 14.4. The Labute approximate surface area is 116 Å². The first-order valence-electron chi connectivity index (χ1n) is 7.19. The van der Waals surface area contributed by atoms with E-state index in [0.29, 0.717) is 6.04 Å². The largest absolute Gasteiger partial charge is 0.496 e. The fraction of sp³-hybridized carbons (Fsp3) is 0.625. The summed E-state index contributed by atoms with van der Waals surface area (Å²) in [5, 5.41) is 3.29. The number of methoxy groups -OCH3 is 1. The molecule has 0 bridgehead atoms. The summed E-state index contributed by atoms with van der Waals surface area (Å²) < 4.78 is 5.52. The lowest BCUT2D eigenvalue weighted by Gasteiger charge is -2.26. The van der Waals surface area contributed by atoms with E-state index >= 15 is 0 Å². The normalized spacial score (nSPS) is 21.6. The van der Waals surface area contributed by atoms with Gasteiger partial charge in [-0.05, 0) is 52.4 Å². The highest BCUT2D eigenvalue weighted by Crippen LogP contribution is 2.33. The Hall–Kier alpha value is -1.06. The highest BCUT2D eigenvalue weighted by atomic mass is 16.5. The van der Waals surface area contributed by atoms with Gasteiger partial charge in [-0.25, -0.2) is 0 Å². The Morgan fingerprint density at radius 1 is 1.47 bits per heavy atom. The van der Waals surface area contributed by atoms with Crippen LogP contribution in [0.3, 0.4) is 0 Å². The number of aryl methyl sites for hydroxylation is 1. The Balaban J connectivity index is 2.11. The van der Waals surface area contributed by atoms with Gasteiger partial charge < -0.3 is 10.1 Å². The van der Waals surface area contributed by atoms with Gasteiger partial charge in [0.15, 0.2) is 0 Å². The lowest BCUT2D eigenvalue weighted by Crippen LogP contribution is -2.27. The number of nitrogens with one attached hydrogen (secondary N) is 1. The second kappa shape index (κ2) is 6.40. The molecule has 1 aromatic carbocycles. The molecular weight excluding hydrogens is 236 g/mol. The van der Waals surface area contributed by atoms with Gasteiger partial charge in [0.2, 0.25) is 0 Å². The maximum Gasteiger partial charge on any atom is 0.123 e. The maximum absolute atomic E-state index is 5.52. The molecule has 3 heteroatoms. The van der Waals surface area contributed by atoms with Crippen LogP contribution >= 0.6 is 0 Å². The van der Waals surface area contributed by atoms with Crippen molar-refractivity contribution in [1.82, 2.24) is 10.2 Å². The van der Waals surface area contributed by atoms with E-state index < -0.39 is 0 Å². The number of benzene rings is 1. The van der Waals surface area contributed by atoms with E-state index in [-0.39, 0.29) is 0 Å². The average molecular weight is 262 g/mol. The first-order chi connectivity index (χ1) is 9.15. The van der Waals surface area contributed by atoms with Crippen molar-refractivity contribution in [1.29, 1.82) is 0 Å². The molecule has 2 rings (SSSR count). The van der Waals surface area contributed by atoms with Gasteiger partial charge in [-0.2, -0.15) is 0 Å². The molecule has 19 heavy (non-hydrogen) atoms. The predicted octanol–water partition coefficient (Wildman–Crippen LogP) is 2.61. The van der Waals surface area contributed by atoms with E-state index in [2.05, 4.69) is 42.3 Å². The molecule has 2 unspecified atom stereocenters. The molecule has 0 saturated carbocycles. The molecule has 1 aliphatic heterocycles. The van der Waals surface area contributed by atoms with Crippen LogP contribution in [0.25, 0.3) is 0 Å². The summed E-state index contributed by atoms with van der Waals surface area (Å²) in [6.45, 7) is 7.92. The summed E-state index contributed by atoms with van der Waals surface area (Å²) in [6, 6.07) is 6.89. The molecular formula is C16H26N2O. The third-order valence-corrected chi connectivity index (χ3v) is 4.19. The van der Waals surface area contributed by atoms with Crippen molar-refractivity contribution >= 4 is 0 Å². The summed E-state index contributed by atoms with van der Waals surface area (Å²) in [6.07, 6.45) is 1.29. The minimum Gasteiger partial charge on any atom is -0.496 e. The molecule has 1 aromatic rings. The van der Waals surface area contributed by atoms with Gasteiger partial charge in [-0.1, -0.05) is 17.7 Å². The molecule has 0 amide bonds. The van der Waals surface area contributed by atoms with Crippen molar-refractivity contribution in [2.24, 2.45) is 5.92 Å². The Bertz CT molecular complexity index is 419. The smallest absolute Gasteiger partial charge is 0.123 e. The summed E-state index contributed by atoms with van der Waals surface area (Å²) in [5.41, 5.74) is 2.61. The van der Waals surface area contributed by atoms with E-state index in [1.165, 1.54) is 30.6 Å². The molecule has 3 nitrogen and oxygen atoms in total. The van der Waals surface area contributed by atoms with Crippen molar-refractivity contribution in [3.8, 4) is 5.75 Å². The Morgan fingerprint density at radius 2 is 2.26 bits per heavy atom. The number of ether oxygens (including phenoxy) is 1. The van der Waals surface area contributed by atoms with Crippen LogP contribution in [0.4, 0.5) is 0 Å². The maximum atomic E-state index is 5.52. The van der Waals surface area contributed by atoms with Crippen molar-refractivity contribution in [3.63, 3.8) is 0 Å². The van der Waals surface area contributed by atoms with Crippen LogP contribution < -0.4 is 10.1 Å². The number of likely N-dealkylation sites (tertiary alicyclic amines) is 1. The van der Waals surface area contributed by atoms with Crippen LogP contribution in [-0.2, 0) is 0 Å². The van der Waals surface area contributed by atoms with Gasteiger partial charge in [0.05, 0.1) is 7.11 Å². The number of nitrogens with zero attached hydrogens (tertiary/aromatic N) is 1. The van der Waals surface area contributed by atoms with E-state index in [9.17, 15) is 0 Å². The fourth-order valence-electron chi connectivity index (χ4n) is 3.05. The van der Waals surface area contributed by atoms with Gasteiger partial charge in [0.1, 0.15) is 5.75 Å². The van der Waals surface area contributed by atoms with E-state index in [1.54, 1.807) is 7.11 Å². The van der Waals surface area contributed by atoms with Gasteiger partial charge >= 0.3 is 0 Å². The molecule has 1 heterocycles. The summed E-state index contributed by atoms with van der Waals surface area (Å²) >= 11 is 0. The van der Waals surface area contributed by atoms with Crippen molar-refractivity contribution in [2.45, 2.75) is 26.3 Å². The standard InChI is InChI=1S/C16H26N2O/c1-12-5-6-16(19-4)15(9-12)13(2)18-8-7-14(11-18)10-17-3/h5-6,9,13-14,17H,7-8,10-11H2,1-4H3. The molecule has 0 aromatic heterocycles. The van der Waals surface area contributed by atoms with Crippen LogP contribution in [0.15, 0.2) is 18.2 Å². The molecule has 1 saturated heterocycles. The van der Waals surface area contributed by atoms with Crippen LogP contribution in [0.2, 0.25) is 0 Å². The lowest BCUT2D eigenvalue weighted by molar-refractivity contribution is 0.246. The summed E-state index contributed by atoms with van der Waals surface area (Å²) in [5.74, 6) is 1.79. The van der Waals surface area contributed by atoms with Gasteiger partial charge in [-0.3, -0.25) is 4.90 Å².